The molecule has 0 aliphatic carbocycles. The number of H-pyrrole nitrogens is 1. The fraction of sp³-hybridized carbons (Fsp3) is 0.0556. The van der Waals surface area contributed by atoms with Crippen molar-refractivity contribution in [3.63, 3.8) is 0 Å². The van der Waals surface area contributed by atoms with E-state index in [0.29, 0.717) is 11.4 Å². The summed E-state index contributed by atoms with van der Waals surface area (Å²) in [6, 6.07) is 17.1. The quantitative estimate of drug-likeness (QED) is 0.725. The maximum absolute atomic E-state index is 11.0. The van der Waals surface area contributed by atoms with Crippen LogP contribution in [0.1, 0.15) is 18.3 Å². The van der Waals surface area contributed by atoms with Crippen LogP contribution >= 0.6 is 0 Å². The van der Waals surface area contributed by atoms with E-state index in [1.165, 1.54) is 6.92 Å². The Labute approximate surface area is 133 Å². The normalized spacial score (nSPS) is 11.2. The molecule has 0 unspecified atom stereocenters. The van der Waals surface area contributed by atoms with Gasteiger partial charge in [-0.25, -0.2) is 4.98 Å². The molecular formula is C18H14N4O. The number of fused-ring (bicyclic) bond motifs is 1. The maximum atomic E-state index is 11.0. The molecule has 2 N–H and O–H groups in total. The van der Waals surface area contributed by atoms with Crippen molar-refractivity contribution >= 4 is 34.3 Å². The molecule has 0 atom stereocenters. The Morgan fingerprint density at radius 3 is 2.61 bits per heavy atom. The van der Waals surface area contributed by atoms with Gasteiger partial charge in [-0.15, -0.1) is 0 Å². The van der Waals surface area contributed by atoms with Crippen LogP contribution in [0.2, 0.25) is 0 Å². The number of aromatic nitrogens is 2. The first kappa shape index (κ1) is 14.5. The van der Waals surface area contributed by atoms with Gasteiger partial charge in [0.1, 0.15) is 11.9 Å². The summed E-state index contributed by atoms with van der Waals surface area (Å²) in [7, 11) is 0. The van der Waals surface area contributed by atoms with Crippen LogP contribution in [-0.4, -0.2) is 15.9 Å². The molecule has 3 rings (SSSR count). The van der Waals surface area contributed by atoms with E-state index in [0.717, 1.165) is 22.3 Å². The summed E-state index contributed by atoms with van der Waals surface area (Å²) < 4.78 is 0. The van der Waals surface area contributed by atoms with Crippen LogP contribution in [0.5, 0.6) is 0 Å². The number of anilines is 1. The van der Waals surface area contributed by atoms with Gasteiger partial charge >= 0.3 is 0 Å². The minimum Gasteiger partial charge on any atom is -0.337 e. The van der Waals surface area contributed by atoms with Gasteiger partial charge in [-0.3, -0.25) is 4.79 Å². The number of nitrogens with zero attached hydrogens (tertiary/aromatic N) is 2. The maximum Gasteiger partial charge on any atom is 0.221 e. The van der Waals surface area contributed by atoms with E-state index >= 15 is 0 Å². The van der Waals surface area contributed by atoms with Crippen LogP contribution in [-0.2, 0) is 4.79 Å². The van der Waals surface area contributed by atoms with Crippen LogP contribution in [0.4, 0.5) is 5.69 Å². The molecule has 5 nitrogen and oxygen atoms in total. The zero-order valence-corrected chi connectivity index (χ0v) is 12.5. The number of benzene rings is 2. The van der Waals surface area contributed by atoms with Crippen molar-refractivity contribution in [3.05, 3.63) is 59.9 Å². The van der Waals surface area contributed by atoms with Crippen LogP contribution in [0, 0.1) is 11.3 Å². The number of carbonyl (C=O) groups is 1. The molecule has 0 saturated carbocycles. The second-order valence-electron chi connectivity index (χ2n) is 5.08. The minimum absolute atomic E-state index is 0.117. The Balaban J connectivity index is 1.92. The summed E-state index contributed by atoms with van der Waals surface area (Å²) in [4.78, 5) is 18.6. The highest BCUT2D eigenvalue weighted by Gasteiger charge is 2.07. The average Bonchev–Trinajstić information content (AvgIpc) is 2.97. The third kappa shape index (κ3) is 3.27. The molecule has 1 amide bonds. The van der Waals surface area contributed by atoms with Crippen LogP contribution in [0.3, 0.4) is 0 Å². The van der Waals surface area contributed by atoms with Gasteiger partial charge in [0.2, 0.25) is 5.91 Å². The minimum atomic E-state index is -0.117. The molecule has 0 aliphatic heterocycles. The molecular weight excluding hydrogens is 288 g/mol. The monoisotopic (exact) mass is 302 g/mol. The lowest BCUT2D eigenvalue weighted by Gasteiger charge is -2.02. The van der Waals surface area contributed by atoms with Crippen molar-refractivity contribution in [1.29, 1.82) is 5.26 Å². The molecule has 3 aromatic rings. The first-order chi connectivity index (χ1) is 11.2. The number of amides is 1. The number of aromatic amines is 1. The molecule has 2 aromatic carbocycles. The van der Waals surface area contributed by atoms with Crippen molar-refractivity contribution in [3.8, 4) is 6.07 Å². The van der Waals surface area contributed by atoms with Crippen molar-refractivity contribution in [2.75, 3.05) is 5.32 Å². The number of rotatable bonds is 3. The van der Waals surface area contributed by atoms with Gasteiger partial charge in [0.15, 0.2) is 0 Å². The summed E-state index contributed by atoms with van der Waals surface area (Å²) in [6.45, 7) is 1.46. The topological polar surface area (TPSA) is 81.6 Å². The summed E-state index contributed by atoms with van der Waals surface area (Å²) in [5, 5.41) is 12.1. The largest absolute Gasteiger partial charge is 0.337 e. The number of nitriles is 1. The number of carbonyl (C=O) groups excluding carboxylic acids is 1. The van der Waals surface area contributed by atoms with E-state index < -0.39 is 0 Å². The lowest BCUT2D eigenvalue weighted by atomic mass is 10.1. The molecule has 1 aromatic heterocycles. The van der Waals surface area contributed by atoms with Crippen LogP contribution in [0.25, 0.3) is 22.7 Å². The highest BCUT2D eigenvalue weighted by atomic mass is 16.1. The van der Waals surface area contributed by atoms with E-state index in [9.17, 15) is 10.1 Å². The predicted molar refractivity (Wildman–Crippen MR) is 90.3 cm³/mol. The van der Waals surface area contributed by atoms with Crippen molar-refractivity contribution in [2.45, 2.75) is 6.92 Å². The summed E-state index contributed by atoms with van der Waals surface area (Å²) in [5.74, 6) is 0.424. The summed E-state index contributed by atoms with van der Waals surface area (Å²) in [5.41, 5.74) is 3.75. The molecule has 0 bridgehead atoms. The van der Waals surface area contributed by atoms with Gasteiger partial charge < -0.3 is 10.3 Å². The van der Waals surface area contributed by atoms with E-state index in [2.05, 4.69) is 21.4 Å². The molecule has 112 valence electrons. The standard InChI is InChI=1S/C18H14N4O/c1-12(23)20-15-8-6-13(7-9-15)10-14(11-19)18-21-16-4-2-3-5-17(16)22-18/h2-10H,1H3,(H,20,23)(H,21,22). The van der Waals surface area contributed by atoms with Gasteiger partial charge in [-0.2, -0.15) is 5.26 Å². The second-order valence-corrected chi connectivity index (χ2v) is 5.08. The number of imidazole rings is 1. The SMILES string of the molecule is CC(=O)Nc1ccc(C=C(C#N)c2nc3ccccc3[nH]2)cc1. The van der Waals surface area contributed by atoms with Gasteiger partial charge in [0, 0.05) is 12.6 Å². The zero-order chi connectivity index (χ0) is 16.2. The Kier molecular flexibility index (Phi) is 3.89. The molecule has 23 heavy (non-hydrogen) atoms. The summed E-state index contributed by atoms with van der Waals surface area (Å²) >= 11 is 0. The predicted octanol–water partition coefficient (Wildman–Crippen LogP) is 3.59. The van der Waals surface area contributed by atoms with E-state index in [1.807, 2.05) is 36.4 Å². The Bertz CT molecular complexity index is 897. The first-order valence-electron chi connectivity index (χ1n) is 7.10. The van der Waals surface area contributed by atoms with Crippen LogP contribution in [0.15, 0.2) is 48.5 Å². The fourth-order valence-corrected chi connectivity index (χ4v) is 2.27. The van der Waals surface area contributed by atoms with Crippen molar-refractivity contribution in [2.24, 2.45) is 0 Å². The lowest BCUT2D eigenvalue weighted by molar-refractivity contribution is -0.114. The van der Waals surface area contributed by atoms with Gasteiger partial charge in [0.25, 0.3) is 0 Å². The molecule has 5 heteroatoms. The van der Waals surface area contributed by atoms with Crippen molar-refractivity contribution < 1.29 is 4.79 Å². The zero-order valence-electron chi connectivity index (χ0n) is 12.5. The Morgan fingerprint density at radius 1 is 1.22 bits per heavy atom. The molecule has 0 saturated heterocycles. The molecule has 1 heterocycles. The van der Waals surface area contributed by atoms with Crippen LogP contribution < -0.4 is 5.32 Å². The molecule has 0 aliphatic rings. The summed E-state index contributed by atoms with van der Waals surface area (Å²) in [6.07, 6.45) is 1.76. The third-order valence-electron chi connectivity index (χ3n) is 3.31. The second kappa shape index (κ2) is 6.16. The first-order valence-corrected chi connectivity index (χ1v) is 7.10. The number of allylic oxidation sites excluding steroid dienone is 1. The number of nitrogens with one attached hydrogen (secondary N) is 2. The van der Waals surface area contributed by atoms with E-state index in [4.69, 9.17) is 0 Å². The molecule has 0 radical (unpaired) electrons. The third-order valence-corrected chi connectivity index (χ3v) is 3.31. The van der Waals surface area contributed by atoms with Gasteiger partial charge in [-0.1, -0.05) is 24.3 Å². The van der Waals surface area contributed by atoms with Crippen molar-refractivity contribution in [1.82, 2.24) is 9.97 Å². The van der Waals surface area contributed by atoms with Gasteiger partial charge in [-0.05, 0) is 35.9 Å². The fourth-order valence-electron chi connectivity index (χ4n) is 2.27. The number of hydrogen-bond donors (Lipinski definition) is 2. The van der Waals surface area contributed by atoms with E-state index in [1.54, 1.807) is 18.2 Å². The lowest BCUT2D eigenvalue weighted by Crippen LogP contribution is -2.05. The van der Waals surface area contributed by atoms with E-state index in [-0.39, 0.29) is 5.91 Å². The number of hydrogen-bond acceptors (Lipinski definition) is 3. The Morgan fingerprint density at radius 2 is 1.96 bits per heavy atom. The smallest absolute Gasteiger partial charge is 0.221 e. The number of para-hydroxylation sites is 2. The average molecular weight is 302 g/mol. The Hall–Kier alpha value is -3.39. The van der Waals surface area contributed by atoms with Gasteiger partial charge in [0.05, 0.1) is 16.6 Å². The molecule has 0 fully saturated rings. The molecule has 0 spiro atoms. The highest BCUT2D eigenvalue weighted by molar-refractivity contribution is 5.91. The highest BCUT2D eigenvalue weighted by Crippen LogP contribution is 2.20.